The summed E-state index contributed by atoms with van der Waals surface area (Å²) in [5, 5.41) is 3.84. The van der Waals surface area contributed by atoms with Crippen molar-refractivity contribution in [3.8, 4) is 0 Å². The summed E-state index contributed by atoms with van der Waals surface area (Å²) in [6, 6.07) is 11.3. The molecule has 1 fully saturated rings. The lowest BCUT2D eigenvalue weighted by molar-refractivity contribution is 0.803. The van der Waals surface area contributed by atoms with Gasteiger partial charge in [-0.15, -0.1) is 11.3 Å². The molecule has 0 aliphatic heterocycles. The Balaban J connectivity index is 1.87. The zero-order chi connectivity index (χ0) is 13.2. The number of anilines is 1. The summed E-state index contributed by atoms with van der Waals surface area (Å²) >= 11 is 11.7. The highest BCUT2D eigenvalue weighted by Gasteiger charge is 2.30. The van der Waals surface area contributed by atoms with Crippen LogP contribution in [0.4, 0.5) is 5.69 Å². The average molecular weight is 357 g/mol. The summed E-state index contributed by atoms with van der Waals surface area (Å²) in [5.41, 5.74) is 2.39. The van der Waals surface area contributed by atoms with Gasteiger partial charge >= 0.3 is 0 Å². The van der Waals surface area contributed by atoms with Crippen molar-refractivity contribution in [2.24, 2.45) is 0 Å². The number of halogens is 2. The minimum atomic E-state index is 0.662. The number of hydrogen-bond donors (Lipinski definition) is 0. The van der Waals surface area contributed by atoms with Crippen LogP contribution < -0.4 is 4.90 Å². The summed E-state index contributed by atoms with van der Waals surface area (Å²) in [4.78, 5) is 3.85. The van der Waals surface area contributed by atoms with E-state index >= 15 is 0 Å². The van der Waals surface area contributed by atoms with Crippen molar-refractivity contribution in [1.82, 2.24) is 0 Å². The highest BCUT2D eigenvalue weighted by atomic mass is 79.9. The Hall–Kier alpha value is -0.510. The second kappa shape index (κ2) is 5.86. The third kappa shape index (κ3) is 3.15. The van der Waals surface area contributed by atoms with E-state index in [0.29, 0.717) is 6.04 Å². The molecular formula is C15H15BrClNS. The molecule has 100 valence electrons. The molecular weight excluding hydrogens is 342 g/mol. The predicted molar refractivity (Wildman–Crippen MR) is 87.6 cm³/mol. The van der Waals surface area contributed by atoms with Crippen LogP contribution >= 0.6 is 38.9 Å². The van der Waals surface area contributed by atoms with Crippen molar-refractivity contribution in [3.63, 3.8) is 0 Å². The van der Waals surface area contributed by atoms with Gasteiger partial charge in [0.25, 0.3) is 0 Å². The lowest BCUT2D eigenvalue weighted by Gasteiger charge is -2.25. The Morgan fingerprint density at radius 3 is 2.74 bits per heavy atom. The summed E-state index contributed by atoms with van der Waals surface area (Å²) in [5.74, 6) is 0. The Morgan fingerprint density at radius 1 is 1.32 bits per heavy atom. The number of benzene rings is 1. The molecule has 1 aliphatic rings. The second-order valence-corrected chi connectivity index (χ2v) is 6.86. The third-order valence-electron chi connectivity index (χ3n) is 3.37. The smallest absolute Gasteiger partial charge is 0.0642 e. The van der Waals surface area contributed by atoms with E-state index in [1.165, 1.54) is 29.0 Å². The standard InChI is InChI=1S/C15H15BrClNS/c16-9-11-3-6-15(14(17)8-11)18(12-4-5-12)10-13-2-1-7-19-13/h1-3,6-8,12H,4-5,9-10H2. The third-order valence-corrected chi connectivity index (χ3v) is 5.18. The topological polar surface area (TPSA) is 3.24 Å². The number of hydrogen-bond acceptors (Lipinski definition) is 2. The van der Waals surface area contributed by atoms with Gasteiger partial charge in [0, 0.05) is 16.2 Å². The monoisotopic (exact) mass is 355 g/mol. The van der Waals surface area contributed by atoms with E-state index in [-0.39, 0.29) is 0 Å². The Labute approximate surface area is 131 Å². The Kier molecular flexibility index (Phi) is 4.15. The van der Waals surface area contributed by atoms with E-state index in [9.17, 15) is 0 Å². The molecule has 0 saturated heterocycles. The summed E-state index contributed by atoms with van der Waals surface area (Å²) in [6.07, 6.45) is 2.56. The van der Waals surface area contributed by atoms with Gasteiger partial charge in [-0.25, -0.2) is 0 Å². The van der Waals surface area contributed by atoms with Crippen LogP contribution in [0.2, 0.25) is 5.02 Å². The molecule has 0 radical (unpaired) electrons. The first-order valence-corrected chi connectivity index (χ1v) is 8.79. The van der Waals surface area contributed by atoms with Crippen LogP contribution in [0.1, 0.15) is 23.3 Å². The van der Waals surface area contributed by atoms with Crippen molar-refractivity contribution in [3.05, 3.63) is 51.2 Å². The molecule has 2 aromatic rings. The fourth-order valence-electron chi connectivity index (χ4n) is 2.23. The van der Waals surface area contributed by atoms with Gasteiger partial charge in [-0.05, 0) is 42.0 Å². The molecule has 1 aromatic heterocycles. The first-order chi connectivity index (χ1) is 9.28. The SMILES string of the molecule is Clc1cc(CBr)ccc1N(Cc1cccs1)C1CC1. The van der Waals surface area contributed by atoms with Gasteiger partial charge < -0.3 is 4.90 Å². The number of rotatable bonds is 5. The van der Waals surface area contributed by atoms with E-state index in [2.05, 4.69) is 56.5 Å². The fraction of sp³-hybridized carbons (Fsp3) is 0.333. The van der Waals surface area contributed by atoms with E-state index in [4.69, 9.17) is 11.6 Å². The van der Waals surface area contributed by atoms with Gasteiger partial charge in [0.15, 0.2) is 0 Å². The van der Waals surface area contributed by atoms with Crippen molar-refractivity contribution in [2.45, 2.75) is 30.8 Å². The molecule has 4 heteroatoms. The van der Waals surface area contributed by atoms with Crippen molar-refractivity contribution in [1.29, 1.82) is 0 Å². The van der Waals surface area contributed by atoms with Gasteiger partial charge in [-0.2, -0.15) is 0 Å². The van der Waals surface area contributed by atoms with E-state index in [1.807, 2.05) is 11.3 Å². The number of thiophene rings is 1. The molecule has 0 N–H and O–H groups in total. The minimum absolute atomic E-state index is 0.662. The first kappa shape index (κ1) is 13.5. The molecule has 0 unspecified atom stereocenters. The molecule has 1 saturated carbocycles. The lowest BCUT2D eigenvalue weighted by atomic mass is 10.2. The molecule has 3 rings (SSSR count). The molecule has 19 heavy (non-hydrogen) atoms. The maximum Gasteiger partial charge on any atom is 0.0642 e. The quantitative estimate of drug-likeness (QED) is 0.642. The van der Waals surface area contributed by atoms with Crippen molar-refractivity contribution in [2.75, 3.05) is 4.90 Å². The van der Waals surface area contributed by atoms with Gasteiger partial charge in [0.05, 0.1) is 17.3 Å². The van der Waals surface area contributed by atoms with Crippen LogP contribution in [-0.4, -0.2) is 6.04 Å². The molecule has 0 spiro atoms. The van der Waals surface area contributed by atoms with Crippen LogP contribution in [-0.2, 0) is 11.9 Å². The zero-order valence-corrected chi connectivity index (χ0v) is 13.6. The Bertz CT molecular complexity index is 551. The molecule has 1 aromatic carbocycles. The number of alkyl halides is 1. The van der Waals surface area contributed by atoms with Crippen LogP contribution in [0.25, 0.3) is 0 Å². The van der Waals surface area contributed by atoms with E-state index < -0.39 is 0 Å². The Morgan fingerprint density at radius 2 is 2.16 bits per heavy atom. The maximum absolute atomic E-state index is 6.46. The summed E-state index contributed by atoms with van der Waals surface area (Å²) < 4.78 is 0. The first-order valence-electron chi connectivity index (χ1n) is 6.41. The molecule has 1 nitrogen and oxygen atoms in total. The van der Waals surface area contributed by atoms with Crippen LogP contribution in [0.15, 0.2) is 35.7 Å². The molecule has 0 amide bonds. The van der Waals surface area contributed by atoms with Crippen LogP contribution in [0.3, 0.4) is 0 Å². The maximum atomic E-state index is 6.46. The largest absolute Gasteiger partial charge is 0.362 e. The fourth-order valence-corrected chi connectivity index (χ4v) is 3.60. The highest BCUT2D eigenvalue weighted by Crippen LogP contribution is 2.37. The van der Waals surface area contributed by atoms with Gasteiger partial charge in [-0.1, -0.05) is 39.7 Å². The van der Waals surface area contributed by atoms with Crippen LogP contribution in [0.5, 0.6) is 0 Å². The normalized spacial score (nSPS) is 14.6. The van der Waals surface area contributed by atoms with E-state index in [1.54, 1.807) is 0 Å². The minimum Gasteiger partial charge on any atom is -0.362 e. The van der Waals surface area contributed by atoms with Crippen LogP contribution in [0, 0.1) is 0 Å². The average Bonchev–Trinajstić information content (AvgIpc) is 3.14. The zero-order valence-electron chi connectivity index (χ0n) is 10.5. The van der Waals surface area contributed by atoms with E-state index in [0.717, 1.165) is 16.9 Å². The van der Waals surface area contributed by atoms with Gasteiger partial charge in [0.2, 0.25) is 0 Å². The molecule has 0 atom stereocenters. The lowest BCUT2D eigenvalue weighted by Crippen LogP contribution is -2.24. The highest BCUT2D eigenvalue weighted by molar-refractivity contribution is 9.08. The van der Waals surface area contributed by atoms with Crippen molar-refractivity contribution >= 4 is 44.6 Å². The molecule has 1 heterocycles. The molecule has 1 aliphatic carbocycles. The molecule has 0 bridgehead atoms. The van der Waals surface area contributed by atoms with Crippen molar-refractivity contribution < 1.29 is 0 Å². The predicted octanol–water partition coefficient (Wildman–Crippen LogP) is 5.47. The van der Waals surface area contributed by atoms with Gasteiger partial charge in [0.1, 0.15) is 0 Å². The number of nitrogens with zero attached hydrogens (tertiary/aromatic N) is 1. The second-order valence-electron chi connectivity index (χ2n) is 4.86. The summed E-state index contributed by atoms with van der Waals surface area (Å²) in [6.45, 7) is 0.968. The van der Waals surface area contributed by atoms with Gasteiger partial charge in [-0.3, -0.25) is 0 Å². The summed E-state index contributed by atoms with van der Waals surface area (Å²) in [7, 11) is 0.